The quantitative estimate of drug-likeness (QED) is 0.761. The lowest BCUT2D eigenvalue weighted by molar-refractivity contribution is -0.139. The summed E-state index contributed by atoms with van der Waals surface area (Å²) in [4.78, 5) is 16.1. The Morgan fingerprint density at radius 1 is 1.14 bits per heavy atom. The molecule has 28 heavy (non-hydrogen) atoms. The number of hydrogen-bond acceptors (Lipinski definition) is 4. The maximum absolute atomic E-state index is 14.0. The molecule has 0 unspecified atom stereocenters. The Kier molecular flexibility index (Phi) is 5.28. The standard InChI is InChI=1S/C20H23FN2O3S2/c1-14-16-9-13-27-18(16)8-12-23(14)20(24)15-6-10-22(11-7-15)28(25,26)19-5-3-2-4-17(19)21/h2-5,9,13-15H,6-8,10-12H2,1H3/t14-/m1/s1. The van der Waals surface area contributed by atoms with Crippen molar-refractivity contribution in [1.29, 1.82) is 0 Å². The van der Waals surface area contributed by atoms with Gasteiger partial charge in [0.05, 0.1) is 6.04 Å². The number of rotatable bonds is 3. The van der Waals surface area contributed by atoms with Crippen LogP contribution in [0.15, 0.2) is 40.6 Å². The highest BCUT2D eigenvalue weighted by atomic mass is 32.2. The molecule has 0 radical (unpaired) electrons. The summed E-state index contributed by atoms with van der Waals surface area (Å²) in [5.74, 6) is -0.823. The summed E-state index contributed by atoms with van der Waals surface area (Å²) in [7, 11) is -3.88. The number of amides is 1. The lowest BCUT2D eigenvalue weighted by Crippen LogP contribution is -2.46. The van der Waals surface area contributed by atoms with Crippen molar-refractivity contribution >= 4 is 27.3 Å². The SMILES string of the molecule is C[C@@H]1c2ccsc2CCN1C(=O)C1CCN(S(=O)(=O)c2ccccc2F)CC1. The number of sulfonamides is 1. The minimum atomic E-state index is -3.88. The average molecular weight is 423 g/mol. The van der Waals surface area contributed by atoms with Gasteiger partial charge in [-0.25, -0.2) is 12.8 Å². The normalized spacial score (nSPS) is 21.5. The molecule has 2 aliphatic rings. The number of benzene rings is 1. The van der Waals surface area contributed by atoms with Gasteiger partial charge in [-0.2, -0.15) is 4.31 Å². The fraction of sp³-hybridized carbons (Fsp3) is 0.450. The molecular formula is C20H23FN2O3S2. The fourth-order valence-electron chi connectivity index (χ4n) is 4.18. The van der Waals surface area contributed by atoms with Crippen LogP contribution in [0.1, 0.15) is 36.2 Å². The van der Waals surface area contributed by atoms with Crippen molar-refractivity contribution in [2.75, 3.05) is 19.6 Å². The highest BCUT2D eigenvalue weighted by Crippen LogP contribution is 2.35. The van der Waals surface area contributed by atoms with Crippen molar-refractivity contribution < 1.29 is 17.6 Å². The molecule has 3 heterocycles. The van der Waals surface area contributed by atoms with Gasteiger partial charge in [0.1, 0.15) is 10.7 Å². The first-order valence-corrected chi connectivity index (χ1v) is 11.8. The van der Waals surface area contributed by atoms with Crippen LogP contribution >= 0.6 is 11.3 Å². The zero-order valence-electron chi connectivity index (χ0n) is 15.7. The largest absolute Gasteiger partial charge is 0.335 e. The summed E-state index contributed by atoms with van der Waals surface area (Å²) in [5.41, 5.74) is 1.23. The second-order valence-corrected chi connectivity index (χ2v) is 10.3. The molecule has 0 aliphatic carbocycles. The number of carbonyl (C=O) groups excluding carboxylic acids is 1. The van der Waals surface area contributed by atoms with E-state index < -0.39 is 15.8 Å². The van der Waals surface area contributed by atoms with Crippen LogP contribution in [0, 0.1) is 11.7 Å². The summed E-state index contributed by atoms with van der Waals surface area (Å²) in [6.07, 6.45) is 1.81. The Morgan fingerprint density at radius 2 is 1.86 bits per heavy atom. The van der Waals surface area contributed by atoms with Crippen molar-refractivity contribution in [3.8, 4) is 0 Å². The van der Waals surface area contributed by atoms with Crippen molar-refractivity contribution in [3.05, 3.63) is 52.0 Å². The lowest BCUT2D eigenvalue weighted by Gasteiger charge is -2.38. The number of thiophene rings is 1. The van der Waals surface area contributed by atoms with E-state index in [1.165, 1.54) is 32.9 Å². The molecule has 2 aliphatic heterocycles. The predicted molar refractivity (Wildman–Crippen MR) is 106 cm³/mol. The zero-order valence-corrected chi connectivity index (χ0v) is 17.3. The molecule has 0 bridgehead atoms. The van der Waals surface area contributed by atoms with Crippen molar-refractivity contribution in [3.63, 3.8) is 0 Å². The molecular weight excluding hydrogens is 399 g/mol. The van der Waals surface area contributed by atoms with E-state index >= 15 is 0 Å². The van der Waals surface area contributed by atoms with Gasteiger partial charge >= 0.3 is 0 Å². The van der Waals surface area contributed by atoms with E-state index in [-0.39, 0.29) is 35.9 Å². The van der Waals surface area contributed by atoms with Crippen LogP contribution in [0.3, 0.4) is 0 Å². The van der Waals surface area contributed by atoms with Crippen LogP contribution in [0.4, 0.5) is 4.39 Å². The van der Waals surface area contributed by atoms with E-state index in [0.29, 0.717) is 19.4 Å². The van der Waals surface area contributed by atoms with Crippen LogP contribution in [0.5, 0.6) is 0 Å². The second kappa shape index (κ2) is 7.57. The monoisotopic (exact) mass is 422 g/mol. The van der Waals surface area contributed by atoms with Crippen LogP contribution in [-0.2, 0) is 21.2 Å². The number of carbonyl (C=O) groups is 1. The number of piperidine rings is 1. The molecule has 1 saturated heterocycles. The Balaban J connectivity index is 1.43. The molecule has 1 atom stereocenters. The van der Waals surface area contributed by atoms with Gasteiger partial charge in [0, 0.05) is 30.4 Å². The van der Waals surface area contributed by atoms with Crippen LogP contribution in [-0.4, -0.2) is 43.2 Å². The van der Waals surface area contributed by atoms with Crippen LogP contribution in [0.25, 0.3) is 0 Å². The van der Waals surface area contributed by atoms with Gasteiger partial charge in [-0.1, -0.05) is 12.1 Å². The van der Waals surface area contributed by atoms with E-state index in [2.05, 4.69) is 18.4 Å². The van der Waals surface area contributed by atoms with Gasteiger partial charge in [0.15, 0.2) is 0 Å². The Bertz CT molecular complexity index is 981. The highest BCUT2D eigenvalue weighted by molar-refractivity contribution is 7.89. The van der Waals surface area contributed by atoms with Gasteiger partial charge in [-0.15, -0.1) is 11.3 Å². The van der Waals surface area contributed by atoms with E-state index in [1.54, 1.807) is 11.3 Å². The molecule has 150 valence electrons. The lowest BCUT2D eigenvalue weighted by atomic mass is 9.93. The van der Waals surface area contributed by atoms with Gasteiger partial charge < -0.3 is 4.90 Å². The zero-order chi connectivity index (χ0) is 19.9. The molecule has 1 amide bonds. The summed E-state index contributed by atoms with van der Waals surface area (Å²) in [6, 6.07) is 7.58. The fourth-order valence-corrected chi connectivity index (χ4v) is 6.68. The molecule has 0 spiro atoms. The molecule has 0 saturated carbocycles. The number of fused-ring (bicyclic) bond motifs is 1. The average Bonchev–Trinajstić information content (AvgIpc) is 3.18. The smallest absolute Gasteiger partial charge is 0.245 e. The van der Waals surface area contributed by atoms with Gasteiger partial charge in [-0.05, 0) is 55.3 Å². The second-order valence-electron chi connectivity index (χ2n) is 7.37. The van der Waals surface area contributed by atoms with Crippen molar-refractivity contribution in [2.45, 2.75) is 37.1 Å². The third-order valence-corrected chi connectivity index (χ3v) is 8.75. The number of hydrogen-bond donors (Lipinski definition) is 0. The molecule has 2 aromatic rings. The van der Waals surface area contributed by atoms with Gasteiger partial charge in [-0.3, -0.25) is 4.79 Å². The summed E-state index contributed by atoms with van der Waals surface area (Å²) >= 11 is 1.74. The van der Waals surface area contributed by atoms with E-state index in [9.17, 15) is 17.6 Å². The third-order valence-electron chi connectivity index (χ3n) is 5.82. The highest BCUT2D eigenvalue weighted by Gasteiger charge is 2.37. The predicted octanol–water partition coefficient (Wildman–Crippen LogP) is 3.43. The summed E-state index contributed by atoms with van der Waals surface area (Å²) in [6.45, 7) is 3.24. The summed E-state index contributed by atoms with van der Waals surface area (Å²) < 4.78 is 40.7. The van der Waals surface area contributed by atoms with Gasteiger partial charge in [0.25, 0.3) is 0 Å². The molecule has 1 aromatic carbocycles. The third kappa shape index (κ3) is 3.38. The van der Waals surface area contributed by atoms with E-state index in [4.69, 9.17) is 0 Å². The first-order valence-electron chi connectivity index (χ1n) is 9.51. The molecule has 5 nitrogen and oxygen atoms in total. The molecule has 1 fully saturated rings. The van der Waals surface area contributed by atoms with E-state index in [1.807, 2.05) is 4.90 Å². The Morgan fingerprint density at radius 3 is 2.57 bits per heavy atom. The van der Waals surface area contributed by atoms with Crippen molar-refractivity contribution in [2.24, 2.45) is 5.92 Å². The minimum absolute atomic E-state index is 0.0580. The van der Waals surface area contributed by atoms with E-state index in [0.717, 1.165) is 12.5 Å². The first kappa shape index (κ1) is 19.5. The van der Waals surface area contributed by atoms with Crippen LogP contribution < -0.4 is 0 Å². The number of halogens is 1. The van der Waals surface area contributed by atoms with Crippen molar-refractivity contribution in [1.82, 2.24) is 9.21 Å². The maximum atomic E-state index is 14.0. The number of nitrogens with zero attached hydrogens (tertiary/aromatic N) is 2. The summed E-state index contributed by atoms with van der Waals surface area (Å²) in [5, 5.41) is 2.07. The molecule has 4 rings (SSSR count). The van der Waals surface area contributed by atoms with Crippen LogP contribution in [0.2, 0.25) is 0 Å². The Labute approximate surface area is 168 Å². The molecule has 1 aromatic heterocycles. The maximum Gasteiger partial charge on any atom is 0.245 e. The Hall–Kier alpha value is -1.77. The minimum Gasteiger partial charge on any atom is -0.335 e. The molecule has 0 N–H and O–H groups in total. The molecule has 8 heteroatoms. The van der Waals surface area contributed by atoms with Gasteiger partial charge in [0.2, 0.25) is 15.9 Å². The first-order chi connectivity index (χ1) is 13.4. The topological polar surface area (TPSA) is 57.7 Å².